The van der Waals surface area contributed by atoms with Crippen molar-refractivity contribution in [1.29, 1.82) is 0 Å². The summed E-state index contributed by atoms with van der Waals surface area (Å²) in [5.74, 6) is 0.759. The van der Waals surface area contributed by atoms with Crippen LogP contribution in [0.1, 0.15) is 38.2 Å². The van der Waals surface area contributed by atoms with E-state index in [9.17, 15) is 8.78 Å². The van der Waals surface area contributed by atoms with Crippen LogP contribution in [0.25, 0.3) is 22.2 Å². The van der Waals surface area contributed by atoms with E-state index in [4.69, 9.17) is 0 Å². The average molecular weight is 506 g/mol. The Morgan fingerprint density at radius 1 is 0.919 bits per heavy atom. The third-order valence-electron chi connectivity index (χ3n) is 7.01. The molecule has 0 atom stereocenters. The SMILES string of the molecule is CCN1CCN(Cc2ccc(Nc3cc(-c4cc(F)c5nc(C)n(C(C)C)c5c4)c(F)cn3)nc2)CC1. The van der Waals surface area contributed by atoms with Crippen LogP contribution in [0.5, 0.6) is 0 Å². The first kappa shape index (κ1) is 25.2. The molecule has 0 unspecified atom stereocenters. The number of rotatable bonds is 7. The minimum Gasteiger partial charge on any atom is -0.326 e. The van der Waals surface area contributed by atoms with Gasteiger partial charge in [-0.15, -0.1) is 0 Å². The maximum absolute atomic E-state index is 15.0. The Morgan fingerprint density at radius 3 is 2.32 bits per heavy atom. The van der Waals surface area contributed by atoms with Crippen LogP contribution in [0.15, 0.2) is 42.7 Å². The number of anilines is 2. The van der Waals surface area contributed by atoms with Crippen LogP contribution in [-0.4, -0.2) is 62.0 Å². The second-order valence-electron chi connectivity index (χ2n) is 9.89. The summed E-state index contributed by atoms with van der Waals surface area (Å²) in [6.45, 7) is 14.3. The van der Waals surface area contributed by atoms with E-state index in [2.05, 4.69) is 37.0 Å². The van der Waals surface area contributed by atoms with Gasteiger partial charge in [-0.05, 0) is 62.7 Å². The van der Waals surface area contributed by atoms with Crippen molar-refractivity contribution >= 4 is 22.7 Å². The zero-order chi connectivity index (χ0) is 26.1. The highest BCUT2D eigenvalue weighted by molar-refractivity contribution is 5.84. The summed E-state index contributed by atoms with van der Waals surface area (Å²) in [5.41, 5.74) is 2.77. The number of halogens is 2. The van der Waals surface area contributed by atoms with Crippen LogP contribution in [-0.2, 0) is 6.54 Å². The minimum atomic E-state index is -0.525. The first-order valence-corrected chi connectivity index (χ1v) is 12.8. The Bertz CT molecular complexity index is 1390. The van der Waals surface area contributed by atoms with Gasteiger partial charge in [0.05, 0.1) is 11.7 Å². The third-order valence-corrected chi connectivity index (χ3v) is 7.01. The van der Waals surface area contributed by atoms with Crippen molar-refractivity contribution in [2.45, 2.75) is 40.3 Å². The predicted octanol–water partition coefficient (Wildman–Crippen LogP) is 5.54. The van der Waals surface area contributed by atoms with Gasteiger partial charge in [0, 0.05) is 50.5 Å². The first-order valence-electron chi connectivity index (χ1n) is 12.8. The van der Waals surface area contributed by atoms with Crippen molar-refractivity contribution in [3.05, 3.63) is 65.7 Å². The molecule has 1 aromatic carbocycles. The summed E-state index contributed by atoms with van der Waals surface area (Å²) in [7, 11) is 0. The summed E-state index contributed by atoms with van der Waals surface area (Å²) in [4.78, 5) is 18.0. The zero-order valence-corrected chi connectivity index (χ0v) is 21.8. The highest BCUT2D eigenvalue weighted by Crippen LogP contribution is 2.32. The van der Waals surface area contributed by atoms with Gasteiger partial charge < -0.3 is 14.8 Å². The van der Waals surface area contributed by atoms with Crippen LogP contribution in [0.4, 0.5) is 20.4 Å². The van der Waals surface area contributed by atoms with Gasteiger partial charge in [0.2, 0.25) is 0 Å². The Balaban J connectivity index is 1.35. The molecule has 194 valence electrons. The van der Waals surface area contributed by atoms with Gasteiger partial charge in [0.15, 0.2) is 5.82 Å². The van der Waals surface area contributed by atoms with Gasteiger partial charge in [-0.1, -0.05) is 13.0 Å². The molecule has 37 heavy (non-hydrogen) atoms. The van der Waals surface area contributed by atoms with Crippen LogP contribution in [0.2, 0.25) is 0 Å². The molecule has 1 saturated heterocycles. The summed E-state index contributed by atoms with van der Waals surface area (Å²) >= 11 is 0. The van der Waals surface area contributed by atoms with E-state index < -0.39 is 11.6 Å². The van der Waals surface area contributed by atoms with Crippen molar-refractivity contribution < 1.29 is 8.78 Å². The van der Waals surface area contributed by atoms with Crippen molar-refractivity contribution in [3.63, 3.8) is 0 Å². The Kier molecular flexibility index (Phi) is 7.17. The molecule has 3 aromatic heterocycles. The molecular weight excluding hydrogens is 472 g/mol. The standard InChI is InChI=1S/C28H33F2N7/c1-5-35-8-10-36(11-9-35)17-20-6-7-26(31-15-20)34-27-14-22(24(30)16-32-27)21-12-23(29)28-25(13-21)37(18(2)3)19(4)33-28/h6-7,12-16,18H,5,8-11,17H2,1-4H3,(H,31,32,34). The molecule has 1 aliphatic rings. The van der Waals surface area contributed by atoms with E-state index in [1.54, 1.807) is 12.1 Å². The average Bonchev–Trinajstić information content (AvgIpc) is 3.23. The molecule has 0 saturated carbocycles. The van der Waals surface area contributed by atoms with Gasteiger partial charge in [-0.3, -0.25) is 4.90 Å². The molecule has 5 rings (SSSR count). The number of hydrogen-bond donors (Lipinski definition) is 1. The topological polar surface area (TPSA) is 62.1 Å². The van der Waals surface area contributed by atoms with E-state index in [1.165, 1.54) is 6.07 Å². The summed E-state index contributed by atoms with van der Waals surface area (Å²) < 4.78 is 31.8. The third kappa shape index (κ3) is 5.33. The second kappa shape index (κ2) is 10.5. The fourth-order valence-electron chi connectivity index (χ4n) is 5.05. The Labute approximate surface area is 216 Å². The van der Waals surface area contributed by atoms with Crippen LogP contribution in [0, 0.1) is 18.6 Å². The molecule has 4 aromatic rings. The lowest BCUT2D eigenvalue weighted by atomic mass is 10.0. The summed E-state index contributed by atoms with van der Waals surface area (Å²) in [5, 5.41) is 3.15. The van der Waals surface area contributed by atoms with E-state index in [1.807, 2.05) is 43.7 Å². The number of nitrogens with one attached hydrogen (secondary N) is 1. The molecule has 9 heteroatoms. The van der Waals surface area contributed by atoms with Gasteiger partial charge in [-0.25, -0.2) is 23.7 Å². The van der Waals surface area contributed by atoms with Crippen LogP contribution in [0.3, 0.4) is 0 Å². The maximum Gasteiger partial charge on any atom is 0.151 e. The lowest BCUT2D eigenvalue weighted by molar-refractivity contribution is 0.132. The van der Waals surface area contributed by atoms with Crippen LogP contribution >= 0.6 is 0 Å². The number of aryl methyl sites for hydroxylation is 1. The highest BCUT2D eigenvalue weighted by Gasteiger charge is 2.18. The van der Waals surface area contributed by atoms with E-state index in [-0.39, 0.29) is 11.6 Å². The molecule has 1 aliphatic heterocycles. The van der Waals surface area contributed by atoms with Gasteiger partial charge in [0.1, 0.15) is 28.8 Å². The molecule has 0 bridgehead atoms. The minimum absolute atomic E-state index is 0.0918. The Morgan fingerprint density at radius 2 is 1.65 bits per heavy atom. The maximum atomic E-state index is 15.0. The van der Waals surface area contributed by atoms with Gasteiger partial charge in [-0.2, -0.15) is 0 Å². The smallest absolute Gasteiger partial charge is 0.151 e. The van der Waals surface area contributed by atoms with Crippen molar-refractivity contribution in [3.8, 4) is 11.1 Å². The number of benzene rings is 1. The molecule has 0 aliphatic carbocycles. The number of imidazole rings is 1. The monoisotopic (exact) mass is 505 g/mol. The fraction of sp³-hybridized carbons (Fsp3) is 0.393. The van der Waals surface area contributed by atoms with Gasteiger partial charge >= 0.3 is 0 Å². The number of hydrogen-bond acceptors (Lipinski definition) is 6. The van der Waals surface area contributed by atoms with E-state index >= 15 is 0 Å². The number of pyridine rings is 2. The molecule has 0 spiro atoms. The second-order valence-corrected chi connectivity index (χ2v) is 9.89. The molecular formula is C28H33F2N7. The van der Waals surface area contributed by atoms with Crippen molar-refractivity contribution in [1.82, 2.24) is 29.3 Å². The van der Waals surface area contributed by atoms with Crippen LogP contribution < -0.4 is 5.32 Å². The van der Waals surface area contributed by atoms with E-state index in [0.717, 1.165) is 56.9 Å². The molecule has 7 nitrogen and oxygen atoms in total. The van der Waals surface area contributed by atoms with Gasteiger partial charge in [0.25, 0.3) is 0 Å². The number of nitrogens with zero attached hydrogens (tertiary/aromatic N) is 6. The molecule has 0 radical (unpaired) electrons. The predicted molar refractivity (Wildman–Crippen MR) is 143 cm³/mol. The quantitative estimate of drug-likeness (QED) is 0.356. The molecule has 1 N–H and O–H groups in total. The molecule has 4 heterocycles. The normalized spacial score (nSPS) is 15.1. The lowest BCUT2D eigenvalue weighted by Crippen LogP contribution is -2.45. The van der Waals surface area contributed by atoms with E-state index in [0.29, 0.717) is 28.2 Å². The molecule has 0 amide bonds. The number of fused-ring (bicyclic) bond motifs is 1. The summed E-state index contributed by atoms with van der Waals surface area (Å²) in [6, 6.07) is 8.74. The molecule has 1 fully saturated rings. The highest BCUT2D eigenvalue weighted by atomic mass is 19.1. The number of aromatic nitrogens is 4. The fourth-order valence-corrected chi connectivity index (χ4v) is 5.05. The summed E-state index contributed by atoms with van der Waals surface area (Å²) in [6.07, 6.45) is 3.01. The number of likely N-dealkylation sites (N-methyl/N-ethyl adjacent to an activating group) is 1. The lowest BCUT2D eigenvalue weighted by Gasteiger charge is -2.33. The first-order chi connectivity index (χ1) is 17.8. The van der Waals surface area contributed by atoms with Crippen molar-refractivity contribution in [2.75, 3.05) is 38.0 Å². The number of piperazine rings is 1. The van der Waals surface area contributed by atoms with Crippen molar-refractivity contribution in [2.24, 2.45) is 0 Å². The Hall–Kier alpha value is -3.43. The zero-order valence-electron chi connectivity index (χ0n) is 21.8. The largest absolute Gasteiger partial charge is 0.326 e.